The van der Waals surface area contributed by atoms with Crippen LogP contribution < -0.4 is 5.32 Å². The van der Waals surface area contributed by atoms with Crippen LogP contribution in [-0.4, -0.2) is 36.6 Å². The zero-order chi connectivity index (χ0) is 12.5. The summed E-state index contributed by atoms with van der Waals surface area (Å²) in [5, 5.41) is 3.89. The van der Waals surface area contributed by atoms with Crippen molar-refractivity contribution in [3.63, 3.8) is 0 Å². The first-order valence-corrected chi connectivity index (χ1v) is 8.23. The van der Waals surface area contributed by atoms with E-state index in [4.69, 9.17) is 0 Å². The van der Waals surface area contributed by atoms with Gasteiger partial charge in [0, 0.05) is 25.2 Å². The molecule has 1 aliphatic heterocycles. The lowest BCUT2D eigenvalue weighted by Gasteiger charge is -2.28. The molecule has 104 valence electrons. The standard InChI is InChI=1S/C16H30N2/c1-12(2)15-4-3-10-18(15)11-9-17-16(13-5-6-13)14-7-8-14/h12-17H,3-11H2,1-2H3. The number of hydrogen-bond donors (Lipinski definition) is 1. The van der Waals surface area contributed by atoms with Crippen LogP contribution in [0.1, 0.15) is 52.4 Å². The fourth-order valence-electron chi connectivity index (χ4n) is 3.89. The van der Waals surface area contributed by atoms with Crippen molar-refractivity contribution in [1.82, 2.24) is 10.2 Å². The highest BCUT2D eigenvalue weighted by Gasteiger charge is 2.41. The van der Waals surface area contributed by atoms with E-state index in [1.807, 2.05) is 0 Å². The molecule has 0 radical (unpaired) electrons. The Bertz CT molecular complexity index is 256. The Morgan fingerprint density at radius 2 is 1.72 bits per heavy atom. The largest absolute Gasteiger partial charge is 0.312 e. The Kier molecular flexibility index (Phi) is 3.95. The summed E-state index contributed by atoms with van der Waals surface area (Å²) < 4.78 is 0. The predicted molar refractivity (Wildman–Crippen MR) is 76.7 cm³/mol. The highest BCUT2D eigenvalue weighted by Crippen LogP contribution is 2.44. The van der Waals surface area contributed by atoms with Crippen LogP contribution in [-0.2, 0) is 0 Å². The molecular formula is C16H30N2. The average molecular weight is 250 g/mol. The van der Waals surface area contributed by atoms with E-state index < -0.39 is 0 Å². The molecule has 2 nitrogen and oxygen atoms in total. The molecule has 3 fully saturated rings. The first-order valence-electron chi connectivity index (χ1n) is 8.23. The quantitative estimate of drug-likeness (QED) is 0.747. The van der Waals surface area contributed by atoms with Crippen molar-refractivity contribution in [2.75, 3.05) is 19.6 Å². The summed E-state index contributed by atoms with van der Waals surface area (Å²) in [7, 11) is 0. The van der Waals surface area contributed by atoms with Gasteiger partial charge in [0.25, 0.3) is 0 Å². The lowest BCUT2D eigenvalue weighted by Crippen LogP contribution is -2.42. The molecule has 1 N–H and O–H groups in total. The average Bonchev–Trinajstić information content (AvgIpc) is 3.24. The maximum absolute atomic E-state index is 3.89. The van der Waals surface area contributed by atoms with Gasteiger partial charge in [0.1, 0.15) is 0 Å². The highest BCUT2D eigenvalue weighted by molar-refractivity contribution is 4.96. The Morgan fingerprint density at radius 1 is 1.06 bits per heavy atom. The van der Waals surface area contributed by atoms with Crippen molar-refractivity contribution < 1.29 is 0 Å². The van der Waals surface area contributed by atoms with Crippen molar-refractivity contribution in [1.29, 1.82) is 0 Å². The minimum atomic E-state index is 0.829. The van der Waals surface area contributed by atoms with E-state index in [0.29, 0.717) is 0 Å². The van der Waals surface area contributed by atoms with Gasteiger partial charge >= 0.3 is 0 Å². The van der Waals surface area contributed by atoms with Crippen molar-refractivity contribution >= 4 is 0 Å². The van der Waals surface area contributed by atoms with Gasteiger partial charge in [-0.1, -0.05) is 13.8 Å². The van der Waals surface area contributed by atoms with Crippen molar-refractivity contribution in [3.8, 4) is 0 Å². The third-order valence-electron chi connectivity index (χ3n) is 5.22. The van der Waals surface area contributed by atoms with E-state index in [2.05, 4.69) is 24.1 Å². The van der Waals surface area contributed by atoms with Gasteiger partial charge < -0.3 is 5.32 Å². The van der Waals surface area contributed by atoms with Crippen LogP contribution in [0, 0.1) is 17.8 Å². The zero-order valence-electron chi connectivity index (χ0n) is 12.2. The molecule has 0 amide bonds. The fourth-order valence-corrected chi connectivity index (χ4v) is 3.89. The maximum Gasteiger partial charge on any atom is 0.0124 e. The fraction of sp³-hybridized carbons (Fsp3) is 1.00. The first-order chi connectivity index (χ1) is 8.75. The summed E-state index contributed by atoms with van der Waals surface area (Å²) in [5.74, 6) is 2.91. The third-order valence-corrected chi connectivity index (χ3v) is 5.22. The molecule has 1 atom stereocenters. The van der Waals surface area contributed by atoms with Crippen LogP contribution in [0.15, 0.2) is 0 Å². The zero-order valence-corrected chi connectivity index (χ0v) is 12.2. The van der Waals surface area contributed by atoms with Crippen molar-refractivity contribution in [2.24, 2.45) is 17.8 Å². The van der Waals surface area contributed by atoms with Crippen molar-refractivity contribution in [2.45, 2.75) is 64.5 Å². The van der Waals surface area contributed by atoms with Crippen LogP contribution in [0.25, 0.3) is 0 Å². The summed E-state index contributed by atoms with van der Waals surface area (Å²) >= 11 is 0. The van der Waals surface area contributed by atoms with Gasteiger partial charge in [0.2, 0.25) is 0 Å². The highest BCUT2D eigenvalue weighted by atomic mass is 15.2. The smallest absolute Gasteiger partial charge is 0.0124 e. The third kappa shape index (κ3) is 3.08. The maximum atomic E-state index is 3.89. The second-order valence-electron chi connectivity index (χ2n) is 7.14. The predicted octanol–water partition coefficient (Wildman–Crippen LogP) is 2.89. The molecular weight excluding hydrogens is 220 g/mol. The second-order valence-corrected chi connectivity index (χ2v) is 7.14. The molecule has 0 spiro atoms. The molecule has 0 aromatic carbocycles. The van der Waals surface area contributed by atoms with E-state index in [0.717, 1.165) is 29.8 Å². The molecule has 0 aromatic heterocycles. The van der Waals surface area contributed by atoms with Gasteiger partial charge in [0.15, 0.2) is 0 Å². The van der Waals surface area contributed by atoms with Gasteiger partial charge in [-0.2, -0.15) is 0 Å². The monoisotopic (exact) mass is 250 g/mol. The van der Waals surface area contributed by atoms with Crippen LogP contribution in [0.5, 0.6) is 0 Å². The number of nitrogens with one attached hydrogen (secondary N) is 1. The molecule has 2 heteroatoms. The minimum absolute atomic E-state index is 0.829. The molecule has 18 heavy (non-hydrogen) atoms. The molecule has 1 heterocycles. The second kappa shape index (κ2) is 5.50. The first kappa shape index (κ1) is 12.9. The minimum Gasteiger partial charge on any atom is -0.312 e. The van der Waals surface area contributed by atoms with E-state index in [9.17, 15) is 0 Å². The lowest BCUT2D eigenvalue weighted by atomic mass is 10.0. The molecule has 0 bridgehead atoms. The van der Waals surface area contributed by atoms with E-state index in [-0.39, 0.29) is 0 Å². The summed E-state index contributed by atoms with van der Waals surface area (Å²) in [4.78, 5) is 2.73. The summed E-state index contributed by atoms with van der Waals surface area (Å²) in [6, 6.07) is 1.73. The normalized spacial score (nSPS) is 29.7. The Labute approximate surface area is 113 Å². The van der Waals surface area contributed by atoms with E-state index in [1.54, 1.807) is 0 Å². The molecule has 3 rings (SSSR count). The Morgan fingerprint density at radius 3 is 2.28 bits per heavy atom. The molecule has 1 saturated heterocycles. The van der Waals surface area contributed by atoms with Gasteiger partial charge in [-0.15, -0.1) is 0 Å². The molecule has 0 aromatic rings. The number of rotatable bonds is 7. The molecule has 2 aliphatic carbocycles. The van der Waals surface area contributed by atoms with Gasteiger partial charge in [0.05, 0.1) is 0 Å². The number of nitrogens with zero attached hydrogens (tertiary/aromatic N) is 1. The Balaban J connectivity index is 1.40. The van der Waals surface area contributed by atoms with Gasteiger partial charge in [-0.3, -0.25) is 4.90 Å². The summed E-state index contributed by atoms with van der Waals surface area (Å²) in [6.07, 6.45) is 8.81. The number of likely N-dealkylation sites (tertiary alicyclic amines) is 1. The number of hydrogen-bond acceptors (Lipinski definition) is 2. The topological polar surface area (TPSA) is 15.3 Å². The van der Waals surface area contributed by atoms with E-state index in [1.165, 1.54) is 58.2 Å². The molecule has 1 unspecified atom stereocenters. The van der Waals surface area contributed by atoms with Gasteiger partial charge in [-0.05, 0) is 62.8 Å². The summed E-state index contributed by atoms with van der Waals surface area (Å²) in [5.41, 5.74) is 0. The van der Waals surface area contributed by atoms with Crippen molar-refractivity contribution in [3.05, 3.63) is 0 Å². The SMILES string of the molecule is CC(C)C1CCCN1CCNC(C1CC1)C1CC1. The van der Waals surface area contributed by atoms with Crippen LogP contribution >= 0.6 is 0 Å². The van der Waals surface area contributed by atoms with E-state index >= 15 is 0 Å². The molecule has 3 aliphatic rings. The Hall–Kier alpha value is -0.0800. The summed E-state index contributed by atoms with van der Waals surface area (Å²) in [6.45, 7) is 8.60. The van der Waals surface area contributed by atoms with Gasteiger partial charge in [-0.25, -0.2) is 0 Å². The molecule has 2 saturated carbocycles. The van der Waals surface area contributed by atoms with Crippen LogP contribution in [0.4, 0.5) is 0 Å². The van der Waals surface area contributed by atoms with Crippen LogP contribution in [0.3, 0.4) is 0 Å². The lowest BCUT2D eigenvalue weighted by molar-refractivity contribution is 0.202. The van der Waals surface area contributed by atoms with Crippen LogP contribution in [0.2, 0.25) is 0 Å².